The van der Waals surface area contributed by atoms with E-state index in [9.17, 15) is 0 Å². The van der Waals surface area contributed by atoms with Crippen molar-refractivity contribution in [3.63, 3.8) is 0 Å². The van der Waals surface area contributed by atoms with E-state index in [1.807, 2.05) is 54.6 Å². The Morgan fingerprint density at radius 3 is 2.63 bits per heavy atom. The first-order valence-corrected chi connectivity index (χ1v) is 6.13. The number of aromatic nitrogens is 1. The summed E-state index contributed by atoms with van der Waals surface area (Å²) in [7, 11) is 0. The normalized spacial score (nSPS) is 10.5. The van der Waals surface area contributed by atoms with Crippen LogP contribution >= 0.6 is 0 Å². The minimum Gasteiger partial charge on any atom is -0.487 e. The number of nitrogens with two attached hydrogens (primary N) is 1. The van der Waals surface area contributed by atoms with Gasteiger partial charge in [-0.1, -0.05) is 18.2 Å². The summed E-state index contributed by atoms with van der Waals surface area (Å²) in [6, 6.07) is 17.6. The molecule has 94 valence electrons. The molecule has 2 N–H and O–H groups in total. The van der Waals surface area contributed by atoms with Crippen LogP contribution in [0.25, 0.3) is 10.8 Å². The summed E-state index contributed by atoms with van der Waals surface area (Å²) >= 11 is 0. The zero-order valence-electron chi connectivity index (χ0n) is 10.4. The van der Waals surface area contributed by atoms with Crippen LogP contribution in [0.2, 0.25) is 0 Å². The first-order valence-electron chi connectivity index (χ1n) is 6.13. The highest BCUT2D eigenvalue weighted by Gasteiger charge is 1.99. The number of nitrogen functional groups attached to an aromatic ring is 1. The second kappa shape index (κ2) is 4.98. The predicted octanol–water partition coefficient (Wildman–Crippen LogP) is 3.40. The third kappa shape index (κ3) is 2.65. The third-order valence-corrected chi connectivity index (χ3v) is 2.95. The monoisotopic (exact) mass is 250 g/mol. The molecule has 3 rings (SSSR count). The van der Waals surface area contributed by atoms with Gasteiger partial charge in [0.1, 0.15) is 12.4 Å². The fraction of sp³-hybridized carbons (Fsp3) is 0.0625. The fourth-order valence-corrected chi connectivity index (χ4v) is 1.97. The zero-order valence-corrected chi connectivity index (χ0v) is 10.4. The van der Waals surface area contributed by atoms with E-state index >= 15 is 0 Å². The Balaban J connectivity index is 1.80. The molecule has 0 radical (unpaired) electrons. The topological polar surface area (TPSA) is 48.1 Å². The van der Waals surface area contributed by atoms with E-state index in [1.165, 1.54) is 0 Å². The Hall–Kier alpha value is -2.55. The van der Waals surface area contributed by atoms with E-state index in [2.05, 4.69) is 4.98 Å². The molecule has 0 bridgehead atoms. The van der Waals surface area contributed by atoms with E-state index in [4.69, 9.17) is 10.5 Å². The molecule has 0 aliphatic heterocycles. The molecule has 2 aromatic carbocycles. The molecule has 0 saturated heterocycles. The van der Waals surface area contributed by atoms with Crippen LogP contribution < -0.4 is 10.5 Å². The van der Waals surface area contributed by atoms with E-state index in [0.717, 1.165) is 27.9 Å². The quantitative estimate of drug-likeness (QED) is 0.725. The second-order valence-corrected chi connectivity index (χ2v) is 4.38. The molecule has 19 heavy (non-hydrogen) atoms. The molecular weight excluding hydrogens is 236 g/mol. The van der Waals surface area contributed by atoms with Crippen molar-refractivity contribution >= 4 is 16.5 Å². The molecule has 0 aliphatic rings. The van der Waals surface area contributed by atoms with Crippen molar-refractivity contribution in [1.82, 2.24) is 4.98 Å². The van der Waals surface area contributed by atoms with Gasteiger partial charge in [-0.2, -0.15) is 0 Å². The molecule has 1 aromatic heterocycles. The molecule has 3 aromatic rings. The second-order valence-electron chi connectivity index (χ2n) is 4.38. The van der Waals surface area contributed by atoms with Crippen LogP contribution in [0.3, 0.4) is 0 Å². The summed E-state index contributed by atoms with van der Waals surface area (Å²) in [6.07, 6.45) is 1.77. The van der Waals surface area contributed by atoms with Crippen molar-refractivity contribution in [3.8, 4) is 5.75 Å². The Kier molecular flexibility index (Phi) is 3.02. The molecule has 3 heteroatoms. The zero-order chi connectivity index (χ0) is 13.1. The van der Waals surface area contributed by atoms with Gasteiger partial charge in [-0.3, -0.25) is 4.98 Å². The van der Waals surface area contributed by atoms with Gasteiger partial charge in [0, 0.05) is 11.9 Å². The summed E-state index contributed by atoms with van der Waals surface area (Å²) in [6.45, 7) is 0.474. The average molecular weight is 250 g/mol. The third-order valence-electron chi connectivity index (χ3n) is 2.95. The molecule has 1 heterocycles. The van der Waals surface area contributed by atoms with Gasteiger partial charge in [0.25, 0.3) is 0 Å². The highest BCUT2D eigenvalue weighted by molar-refractivity contribution is 5.86. The van der Waals surface area contributed by atoms with Gasteiger partial charge in [-0.15, -0.1) is 0 Å². The molecular formula is C16H14N2O. The van der Waals surface area contributed by atoms with E-state index in [0.29, 0.717) is 6.61 Å². The van der Waals surface area contributed by atoms with Crippen molar-refractivity contribution in [2.45, 2.75) is 6.61 Å². The lowest BCUT2D eigenvalue weighted by Crippen LogP contribution is -1.97. The van der Waals surface area contributed by atoms with E-state index in [1.54, 1.807) is 6.20 Å². The van der Waals surface area contributed by atoms with Gasteiger partial charge >= 0.3 is 0 Å². The van der Waals surface area contributed by atoms with E-state index in [-0.39, 0.29) is 0 Å². The minimum absolute atomic E-state index is 0.474. The number of fused-ring (bicyclic) bond motifs is 1. The van der Waals surface area contributed by atoms with Gasteiger partial charge in [0.05, 0.1) is 5.69 Å². The van der Waals surface area contributed by atoms with Crippen molar-refractivity contribution in [2.24, 2.45) is 0 Å². The van der Waals surface area contributed by atoms with Crippen LogP contribution in [0.1, 0.15) is 5.69 Å². The summed E-state index contributed by atoms with van der Waals surface area (Å²) in [5.74, 6) is 0.836. The van der Waals surface area contributed by atoms with Gasteiger partial charge < -0.3 is 10.5 Å². The highest BCUT2D eigenvalue weighted by atomic mass is 16.5. The van der Waals surface area contributed by atoms with Gasteiger partial charge in [-0.25, -0.2) is 0 Å². The maximum atomic E-state index is 5.76. The first-order chi connectivity index (χ1) is 9.31. The van der Waals surface area contributed by atoms with Crippen LogP contribution in [0.4, 0.5) is 5.69 Å². The first kappa shape index (κ1) is 11.5. The van der Waals surface area contributed by atoms with Crippen LogP contribution in [0.15, 0.2) is 60.8 Å². The smallest absolute Gasteiger partial charge is 0.130 e. The highest BCUT2D eigenvalue weighted by Crippen LogP contribution is 2.23. The minimum atomic E-state index is 0.474. The Morgan fingerprint density at radius 1 is 0.947 bits per heavy atom. The Labute approximate surface area is 111 Å². The Bertz CT molecular complexity index is 695. The molecule has 0 unspecified atom stereocenters. The number of pyridine rings is 1. The standard InChI is InChI=1S/C16H14N2O/c17-14-6-4-13-10-16(7-5-12(13)9-14)19-11-15-3-1-2-8-18-15/h1-10H,11,17H2. The van der Waals surface area contributed by atoms with Crippen LogP contribution in [-0.2, 0) is 6.61 Å². The average Bonchev–Trinajstić information content (AvgIpc) is 2.46. The summed E-state index contributed by atoms with van der Waals surface area (Å²) in [5, 5.41) is 2.23. The van der Waals surface area contributed by atoms with Crippen molar-refractivity contribution in [1.29, 1.82) is 0 Å². The lowest BCUT2D eigenvalue weighted by atomic mass is 10.1. The number of rotatable bonds is 3. The summed E-state index contributed by atoms with van der Waals surface area (Å²) in [5.41, 5.74) is 7.45. The molecule has 0 spiro atoms. The molecule has 0 atom stereocenters. The maximum Gasteiger partial charge on any atom is 0.130 e. The number of ether oxygens (including phenoxy) is 1. The summed E-state index contributed by atoms with van der Waals surface area (Å²) < 4.78 is 5.74. The summed E-state index contributed by atoms with van der Waals surface area (Å²) in [4.78, 5) is 4.23. The number of hydrogen-bond acceptors (Lipinski definition) is 3. The number of anilines is 1. The maximum absolute atomic E-state index is 5.76. The predicted molar refractivity (Wildman–Crippen MR) is 76.9 cm³/mol. The van der Waals surface area contributed by atoms with Gasteiger partial charge in [0.15, 0.2) is 0 Å². The van der Waals surface area contributed by atoms with Crippen LogP contribution in [0.5, 0.6) is 5.75 Å². The van der Waals surface area contributed by atoms with Crippen molar-refractivity contribution in [3.05, 3.63) is 66.5 Å². The van der Waals surface area contributed by atoms with Crippen molar-refractivity contribution < 1.29 is 4.74 Å². The van der Waals surface area contributed by atoms with Crippen molar-refractivity contribution in [2.75, 3.05) is 5.73 Å². The molecule has 0 fully saturated rings. The van der Waals surface area contributed by atoms with Gasteiger partial charge in [-0.05, 0) is 47.2 Å². The Morgan fingerprint density at radius 2 is 1.79 bits per heavy atom. The van der Waals surface area contributed by atoms with Crippen LogP contribution in [0, 0.1) is 0 Å². The SMILES string of the molecule is Nc1ccc2cc(OCc3ccccn3)ccc2c1. The fourth-order valence-electron chi connectivity index (χ4n) is 1.97. The lowest BCUT2D eigenvalue weighted by Gasteiger charge is -2.07. The molecule has 0 aliphatic carbocycles. The number of hydrogen-bond donors (Lipinski definition) is 1. The number of benzene rings is 2. The lowest BCUT2D eigenvalue weighted by molar-refractivity contribution is 0.302. The largest absolute Gasteiger partial charge is 0.487 e. The number of nitrogens with zero attached hydrogens (tertiary/aromatic N) is 1. The van der Waals surface area contributed by atoms with E-state index < -0.39 is 0 Å². The molecule has 0 amide bonds. The molecule has 3 nitrogen and oxygen atoms in total. The van der Waals surface area contributed by atoms with Gasteiger partial charge in [0.2, 0.25) is 0 Å². The van der Waals surface area contributed by atoms with Crippen LogP contribution in [-0.4, -0.2) is 4.98 Å². The molecule has 0 saturated carbocycles.